The monoisotopic (exact) mass is 304 g/mol. The zero-order chi connectivity index (χ0) is 2.00. The van der Waals surface area contributed by atoms with E-state index in [0.717, 1.165) is 0 Å². The van der Waals surface area contributed by atoms with Gasteiger partial charge in [-0.3, -0.25) is 0 Å². The standard InChI is InChI=1S/CN.Cs.Fe.K.Ti.2H/c1-2;;;;;;/q-1;+1;;+1;;2*-1. The van der Waals surface area contributed by atoms with Gasteiger partial charge < -0.3 is 14.7 Å². The van der Waals surface area contributed by atoms with Crippen LogP contribution in [0.15, 0.2) is 0 Å². The molecule has 0 aromatic carbocycles. The molecule has 1 nitrogen and oxygen atoms in total. The van der Waals surface area contributed by atoms with Crippen LogP contribution in [-0.4, -0.2) is 0 Å². The third-order valence-electron chi connectivity index (χ3n) is 0. The Kier molecular flexibility index (Phi) is 180. The van der Waals surface area contributed by atoms with E-state index in [1.54, 1.807) is 0 Å². The minimum absolute atomic E-state index is 0. The maximum absolute atomic E-state index is 6.25. The van der Waals surface area contributed by atoms with Crippen LogP contribution in [0.4, 0.5) is 0 Å². The molecular formula is CH2CsFeKNTi-. The molecular weight excluding hydrogens is 302 g/mol. The van der Waals surface area contributed by atoms with Gasteiger partial charge in [-0.25, -0.2) is 0 Å². The summed E-state index contributed by atoms with van der Waals surface area (Å²) >= 11 is 0. The summed E-state index contributed by atoms with van der Waals surface area (Å²) in [7, 11) is 0. The van der Waals surface area contributed by atoms with Gasteiger partial charge in [-0.1, -0.05) is 0 Å². The topological polar surface area (TPSA) is 23.8 Å². The molecule has 0 spiro atoms. The molecule has 0 aromatic heterocycles. The maximum Gasteiger partial charge on any atom is 1.00 e. The molecule has 0 aliphatic carbocycles. The predicted octanol–water partition coefficient (Wildman–Crippen LogP) is -5.68. The summed E-state index contributed by atoms with van der Waals surface area (Å²) in [4.78, 5) is 0. The molecule has 0 heterocycles. The second-order valence-electron chi connectivity index (χ2n) is 0. The molecule has 0 N–H and O–H groups in total. The first-order valence-electron chi connectivity index (χ1n) is 0.224. The van der Waals surface area contributed by atoms with E-state index in [-0.39, 0.29) is 162 Å². The Bertz CT molecular complexity index is 26.8. The van der Waals surface area contributed by atoms with E-state index in [4.69, 9.17) is 11.8 Å². The fourth-order valence-corrected chi connectivity index (χ4v) is 0. The Hall–Kier alpha value is 4.41. The molecule has 0 rings (SSSR count). The summed E-state index contributed by atoms with van der Waals surface area (Å²) in [5.74, 6) is 0. The van der Waals surface area contributed by atoms with E-state index in [1.165, 1.54) is 0 Å². The van der Waals surface area contributed by atoms with Crippen molar-refractivity contribution < 1.29 is 162 Å². The molecule has 0 unspecified atom stereocenters. The number of nitrogens with zero attached hydrogens (tertiary/aromatic N) is 1. The fourth-order valence-electron chi connectivity index (χ4n) is 0. The molecule has 0 bridgehead atoms. The van der Waals surface area contributed by atoms with Gasteiger partial charge in [0.1, 0.15) is 0 Å². The number of hydrogen-bond acceptors (Lipinski definition) is 1. The van der Waals surface area contributed by atoms with Gasteiger partial charge in [-0.05, 0) is 0 Å². The SMILES string of the molecule is [C-]#N.[Cs+].[Fe].[H-].[H-].[K+].[Ti]. The van der Waals surface area contributed by atoms with Gasteiger partial charge in [0, 0.05) is 38.8 Å². The maximum atomic E-state index is 6.25. The van der Waals surface area contributed by atoms with Crippen LogP contribution in [-0.2, 0) is 38.8 Å². The summed E-state index contributed by atoms with van der Waals surface area (Å²) < 4.78 is 0. The molecule has 0 saturated heterocycles. The van der Waals surface area contributed by atoms with Crippen LogP contribution in [0.3, 0.4) is 0 Å². The average Bonchev–Trinajstić information content (AvgIpc) is 1.00. The number of hydrogen-bond donors (Lipinski definition) is 0. The van der Waals surface area contributed by atoms with E-state index < -0.39 is 0 Å². The molecule has 0 amide bonds. The molecule has 6 heavy (non-hydrogen) atoms. The second-order valence-corrected chi connectivity index (χ2v) is 0. The zero-order valence-electron chi connectivity index (χ0n) is 5.80. The quantitative estimate of drug-likeness (QED) is 0.323. The summed E-state index contributed by atoms with van der Waals surface area (Å²) in [5, 5.41) is 6.25. The van der Waals surface area contributed by atoms with Crippen molar-refractivity contribution in [3.63, 3.8) is 0 Å². The summed E-state index contributed by atoms with van der Waals surface area (Å²) in [6.07, 6.45) is 0. The third-order valence-corrected chi connectivity index (χ3v) is 0. The van der Waals surface area contributed by atoms with Crippen LogP contribution in [0.5, 0.6) is 0 Å². The van der Waals surface area contributed by atoms with Crippen molar-refractivity contribution in [2.45, 2.75) is 0 Å². The molecule has 26 valence electrons. The average molecular weight is 304 g/mol. The largest absolute Gasteiger partial charge is 1.00 e. The van der Waals surface area contributed by atoms with Crippen LogP contribution >= 0.6 is 0 Å². The van der Waals surface area contributed by atoms with Crippen LogP contribution in [0, 0.1) is 11.8 Å². The van der Waals surface area contributed by atoms with Crippen LogP contribution < -0.4 is 120 Å². The molecule has 0 aromatic rings. The fraction of sp³-hybridized carbons (Fsp3) is 0. The summed E-state index contributed by atoms with van der Waals surface area (Å²) in [5.41, 5.74) is 0. The van der Waals surface area contributed by atoms with Crippen molar-refractivity contribution in [1.29, 1.82) is 5.26 Å². The molecule has 0 radical (unpaired) electrons. The normalized spacial score (nSPS) is 0.333. The molecule has 0 aliphatic heterocycles. The van der Waals surface area contributed by atoms with E-state index >= 15 is 0 Å². The van der Waals surface area contributed by atoms with Gasteiger partial charge in [0.15, 0.2) is 0 Å². The van der Waals surface area contributed by atoms with Gasteiger partial charge in [0.05, 0.1) is 0 Å². The van der Waals surface area contributed by atoms with Crippen LogP contribution in [0.1, 0.15) is 2.85 Å². The van der Waals surface area contributed by atoms with E-state index in [0.29, 0.717) is 0 Å². The minimum atomic E-state index is 0. The Morgan fingerprint density at radius 3 is 1.33 bits per heavy atom. The third kappa shape index (κ3) is 23.7. The second kappa shape index (κ2) is 34.2. The number of rotatable bonds is 0. The van der Waals surface area contributed by atoms with Gasteiger partial charge >= 0.3 is 120 Å². The van der Waals surface area contributed by atoms with E-state index in [9.17, 15) is 0 Å². The van der Waals surface area contributed by atoms with Crippen molar-refractivity contribution >= 4 is 0 Å². The van der Waals surface area contributed by atoms with Crippen molar-refractivity contribution in [2.24, 2.45) is 0 Å². The minimum Gasteiger partial charge on any atom is -1.00 e. The molecule has 0 aliphatic rings. The Morgan fingerprint density at radius 1 is 1.33 bits per heavy atom. The van der Waals surface area contributed by atoms with Crippen molar-refractivity contribution in [2.75, 3.05) is 0 Å². The first kappa shape index (κ1) is 31.5. The Morgan fingerprint density at radius 2 is 1.33 bits per heavy atom. The van der Waals surface area contributed by atoms with Gasteiger partial charge in [0.2, 0.25) is 0 Å². The predicted molar refractivity (Wildman–Crippen MR) is 7.19 cm³/mol. The summed E-state index contributed by atoms with van der Waals surface area (Å²) in [6, 6.07) is 0. The molecule has 0 saturated carbocycles. The Balaban J connectivity index is -0.000000000333. The first-order chi connectivity index (χ1) is 1.00. The van der Waals surface area contributed by atoms with Crippen molar-refractivity contribution in [3.8, 4) is 0 Å². The van der Waals surface area contributed by atoms with E-state index in [1.807, 2.05) is 0 Å². The van der Waals surface area contributed by atoms with Gasteiger partial charge in [-0.2, -0.15) is 0 Å². The Labute approximate surface area is 168 Å². The molecule has 5 heteroatoms. The van der Waals surface area contributed by atoms with Crippen LogP contribution in [0.25, 0.3) is 0 Å². The van der Waals surface area contributed by atoms with Crippen molar-refractivity contribution in [3.05, 3.63) is 6.57 Å². The van der Waals surface area contributed by atoms with E-state index in [2.05, 4.69) is 0 Å². The van der Waals surface area contributed by atoms with Gasteiger partial charge in [-0.15, -0.1) is 0 Å². The summed E-state index contributed by atoms with van der Waals surface area (Å²) in [6.45, 7) is 4.75. The van der Waals surface area contributed by atoms with Crippen LogP contribution in [0.2, 0.25) is 0 Å². The zero-order valence-corrected chi connectivity index (χ0v) is 15.9. The van der Waals surface area contributed by atoms with Crippen molar-refractivity contribution in [1.82, 2.24) is 0 Å². The molecule has 0 atom stereocenters. The first-order valence-corrected chi connectivity index (χ1v) is 0.224. The molecule has 0 fully saturated rings. The smallest absolute Gasteiger partial charge is 1.00 e. The van der Waals surface area contributed by atoms with Gasteiger partial charge in [0.25, 0.3) is 0 Å².